The zero-order valence-corrected chi connectivity index (χ0v) is 22.9. The molecule has 0 atom stereocenters. The van der Waals surface area contributed by atoms with E-state index >= 15 is 0 Å². The van der Waals surface area contributed by atoms with Gasteiger partial charge in [0, 0.05) is 13.2 Å². The molecule has 0 N–H and O–H groups in total. The van der Waals surface area contributed by atoms with Crippen LogP contribution in [0.1, 0.15) is 105 Å². The molecule has 1 aromatic rings. The highest BCUT2D eigenvalue weighted by Crippen LogP contribution is 2.53. The predicted octanol–water partition coefficient (Wildman–Crippen LogP) is 7.53. The highest BCUT2D eigenvalue weighted by atomic mass is 32.2. The molecule has 186 valence electrons. The average Bonchev–Trinajstić information content (AvgIpc) is 2.59. The molecule has 1 aliphatic rings. The summed E-state index contributed by atoms with van der Waals surface area (Å²) in [5, 5.41) is 0. The van der Waals surface area contributed by atoms with Crippen molar-refractivity contribution in [3.63, 3.8) is 0 Å². The molecule has 1 saturated carbocycles. The first-order valence-corrected chi connectivity index (χ1v) is 14.0. The minimum absolute atomic E-state index is 0.225. The monoisotopic (exact) mass is 468 g/mol. The molecule has 0 saturated heterocycles. The van der Waals surface area contributed by atoms with Gasteiger partial charge in [-0.1, -0.05) is 64.2 Å². The summed E-state index contributed by atoms with van der Waals surface area (Å²) in [4.78, 5) is 10.6. The fourth-order valence-corrected chi connectivity index (χ4v) is 5.22. The number of esters is 1. The van der Waals surface area contributed by atoms with Crippen LogP contribution in [0.5, 0.6) is 0 Å². The van der Waals surface area contributed by atoms with E-state index in [9.17, 15) is 13.2 Å². The van der Waals surface area contributed by atoms with Gasteiger partial charge in [0.2, 0.25) is 0 Å². The molecule has 0 spiro atoms. The Morgan fingerprint density at radius 3 is 1.75 bits per heavy atom. The number of hydrogen-bond acceptors (Lipinski definition) is 4. The van der Waals surface area contributed by atoms with Gasteiger partial charge in [0.15, 0.2) is 9.84 Å². The maximum atomic E-state index is 10.9. The minimum Gasteiger partial charge on any atom is -0.460 e. The second kappa shape index (κ2) is 14.0. The van der Waals surface area contributed by atoms with Crippen molar-refractivity contribution in [1.82, 2.24) is 0 Å². The Morgan fingerprint density at radius 1 is 1.00 bits per heavy atom. The van der Waals surface area contributed by atoms with Crippen LogP contribution in [-0.4, -0.2) is 26.2 Å². The van der Waals surface area contributed by atoms with Gasteiger partial charge in [0.05, 0.1) is 4.90 Å². The Kier molecular flexibility index (Phi) is 13.4. The molecule has 1 aliphatic carbocycles. The van der Waals surface area contributed by atoms with Crippen molar-refractivity contribution in [3.8, 4) is 0 Å². The summed E-state index contributed by atoms with van der Waals surface area (Å²) in [7, 11) is -3.02. The van der Waals surface area contributed by atoms with Crippen LogP contribution in [0.2, 0.25) is 0 Å². The molecule has 0 bridgehead atoms. The lowest BCUT2D eigenvalue weighted by atomic mass is 9.57. The number of hydrogen-bond donors (Lipinski definition) is 0. The van der Waals surface area contributed by atoms with Crippen LogP contribution in [0, 0.1) is 18.3 Å². The quantitative estimate of drug-likeness (QED) is 0.388. The van der Waals surface area contributed by atoms with E-state index in [0.717, 1.165) is 16.9 Å². The van der Waals surface area contributed by atoms with E-state index in [-0.39, 0.29) is 11.6 Å². The van der Waals surface area contributed by atoms with Crippen LogP contribution in [0.25, 0.3) is 0 Å². The molecular formula is C27H48O4S. The lowest BCUT2D eigenvalue weighted by molar-refractivity contribution is -0.151. The topological polar surface area (TPSA) is 60.4 Å². The van der Waals surface area contributed by atoms with Crippen molar-refractivity contribution >= 4 is 15.8 Å². The standard InChI is InChI=1S/C13H26.C8H10O2S.C6H12O2/c1-4-7-12-10-13(11-12,8-5-2)9-6-3;1-7-3-5-8(6-4-7)11(2,9)10;1-5(7)8-6(2,3)4/h12H,4-11H2,1-3H3;3-6H,1-2H3;1-4H3. The van der Waals surface area contributed by atoms with Crippen molar-refractivity contribution in [1.29, 1.82) is 0 Å². The summed E-state index contributed by atoms with van der Waals surface area (Å²) in [5.41, 5.74) is 1.53. The summed E-state index contributed by atoms with van der Waals surface area (Å²) in [6, 6.07) is 6.81. The maximum Gasteiger partial charge on any atom is 0.303 e. The van der Waals surface area contributed by atoms with E-state index in [4.69, 9.17) is 4.74 Å². The van der Waals surface area contributed by atoms with Crippen molar-refractivity contribution in [2.75, 3.05) is 6.26 Å². The molecule has 0 amide bonds. The van der Waals surface area contributed by atoms with E-state index < -0.39 is 9.84 Å². The summed E-state index contributed by atoms with van der Waals surface area (Å²) in [6.07, 6.45) is 12.9. The molecule has 32 heavy (non-hydrogen) atoms. The first kappa shape index (κ1) is 30.6. The lowest BCUT2D eigenvalue weighted by Crippen LogP contribution is -2.36. The molecule has 0 aromatic heterocycles. The zero-order chi connectivity index (χ0) is 25.0. The van der Waals surface area contributed by atoms with Crippen molar-refractivity contribution in [2.24, 2.45) is 11.3 Å². The van der Waals surface area contributed by atoms with Crippen molar-refractivity contribution in [3.05, 3.63) is 29.8 Å². The van der Waals surface area contributed by atoms with E-state index in [2.05, 4.69) is 20.8 Å². The molecule has 2 rings (SSSR count). The number of carbonyl (C=O) groups excluding carboxylic acids is 1. The largest absolute Gasteiger partial charge is 0.460 e. The fourth-order valence-electron chi connectivity index (χ4n) is 4.59. The van der Waals surface area contributed by atoms with Crippen molar-refractivity contribution in [2.45, 2.75) is 117 Å². The second-order valence-corrected chi connectivity index (χ2v) is 12.4. The van der Waals surface area contributed by atoms with Gasteiger partial charge in [0.1, 0.15) is 5.60 Å². The Balaban J connectivity index is 0.000000465. The van der Waals surface area contributed by atoms with E-state index in [0.29, 0.717) is 4.90 Å². The Bertz CT molecular complexity index is 744. The molecule has 4 nitrogen and oxygen atoms in total. The maximum absolute atomic E-state index is 10.9. The van der Waals surface area contributed by atoms with Crippen LogP contribution < -0.4 is 0 Å². The highest BCUT2D eigenvalue weighted by Gasteiger charge is 2.41. The Labute approximate surface area is 198 Å². The third-order valence-corrected chi connectivity index (χ3v) is 6.73. The number of aryl methyl sites for hydroxylation is 1. The number of rotatable bonds is 7. The second-order valence-electron chi connectivity index (χ2n) is 10.4. The SMILES string of the molecule is CC(=O)OC(C)(C)C.CCCC1CC(CCC)(CCC)C1.Cc1ccc(S(C)(=O)=O)cc1. The summed E-state index contributed by atoms with van der Waals surface area (Å²) < 4.78 is 26.7. The van der Waals surface area contributed by atoms with Gasteiger partial charge in [-0.15, -0.1) is 0 Å². The van der Waals surface area contributed by atoms with Gasteiger partial charge in [-0.3, -0.25) is 4.79 Å². The molecule has 0 heterocycles. The molecule has 0 radical (unpaired) electrons. The highest BCUT2D eigenvalue weighted by molar-refractivity contribution is 7.90. The summed E-state index contributed by atoms with van der Waals surface area (Å²) in [6.45, 7) is 15.9. The number of sulfone groups is 1. The fraction of sp³-hybridized carbons (Fsp3) is 0.741. The van der Waals surface area contributed by atoms with Crippen LogP contribution in [0.4, 0.5) is 0 Å². The van der Waals surface area contributed by atoms with Crippen molar-refractivity contribution < 1.29 is 17.9 Å². The number of carbonyl (C=O) groups is 1. The normalized spacial score (nSPS) is 15.4. The van der Waals surface area contributed by atoms with Crippen LogP contribution >= 0.6 is 0 Å². The molecule has 1 fully saturated rings. The van der Waals surface area contributed by atoms with Crippen LogP contribution in [0.3, 0.4) is 0 Å². The van der Waals surface area contributed by atoms with Gasteiger partial charge < -0.3 is 4.74 Å². The van der Waals surface area contributed by atoms with Gasteiger partial charge in [0.25, 0.3) is 0 Å². The Hall–Kier alpha value is -1.36. The van der Waals surface area contributed by atoms with Crippen LogP contribution in [0.15, 0.2) is 29.2 Å². The smallest absolute Gasteiger partial charge is 0.303 e. The molecule has 1 aromatic carbocycles. The average molecular weight is 469 g/mol. The summed E-state index contributed by atoms with van der Waals surface area (Å²) in [5.74, 6) is 0.862. The van der Waals surface area contributed by atoms with Gasteiger partial charge in [-0.2, -0.15) is 0 Å². The molecule has 5 heteroatoms. The lowest BCUT2D eigenvalue weighted by Gasteiger charge is -2.48. The Morgan fingerprint density at radius 2 is 1.47 bits per heavy atom. The third-order valence-electron chi connectivity index (χ3n) is 5.60. The van der Waals surface area contributed by atoms with Crippen LogP contribution in [-0.2, 0) is 19.4 Å². The number of benzene rings is 1. The molecular weight excluding hydrogens is 420 g/mol. The minimum atomic E-state index is -3.02. The molecule has 0 aliphatic heterocycles. The summed E-state index contributed by atoms with van der Waals surface area (Å²) >= 11 is 0. The van der Waals surface area contributed by atoms with Gasteiger partial charge in [-0.05, 0) is 76.8 Å². The predicted molar refractivity (Wildman–Crippen MR) is 136 cm³/mol. The van der Waals surface area contributed by atoms with E-state index in [1.165, 1.54) is 51.7 Å². The molecule has 0 unspecified atom stereocenters. The number of ether oxygens (including phenoxy) is 1. The first-order valence-electron chi connectivity index (χ1n) is 12.1. The van der Waals surface area contributed by atoms with E-state index in [1.54, 1.807) is 37.1 Å². The van der Waals surface area contributed by atoms with Gasteiger partial charge in [-0.25, -0.2) is 8.42 Å². The first-order chi connectivity index (χ1) is 14.7. The van der Waals surface area contributed by atoms with Gasteiger partial charge >= 0.3 is 5.97 Å². The van der Waals surface area contributed by atoms with E-state index in [1.807, 2.05) is 27.7 Å². The third kappa shape index (κ3) is 13.2. The zero-order valence-electron chi connectivity index (χ0n) is 22.1.